The third-order valence-corrected chi connectivity index (χ3v) is 0.964. The van der Waals surface area contributed by atoms with Crippen molar-refractivity contribution < 1.29 is 9.90 Å². The van der Waals surface area contributed by atoms with E-state index in [2.05, 4.69) is 10.6 Å². The minimum atomic E-state index is -0.0224. The molecule has 0 aliphatic carbocycles. The van der Waals surface area contributed by atoms with Gasteiger partial charge in [-0.2, -0.15) is 0 Å². The number of carbonyl (C=O) groups is 1. The highest BCUT2D eigenvalue weighted by Gasteiger charge is 1.88. The maximum absolute atomic E-state index is 10.3. The topological polar surface area (TPSA) is 61.4 Å². The van der Waals surface area contributed by atoms with Crippen LogP contribution in [-0.2, 0) is 4.79 Å². The minimum Gasteiger partial charge on any atom is -0.395 e. The molecule has 60 valence electrons. The van der Waals surface area contributed by atoms with Crippen LogP contribution in [0, 0.1) is 0 Å². The van der Waals surface area contributed by atoms with Crippen LogP contribution in [0.5, 0.6) is 0 Å². The van der Waals surface area contributed by atoms with Crippen molar-refractivity contribution in [2.75, 3.05) is 26.2 Å². The Labute approximate surface area is 60.6 Å². The lowest BCUT2D eigenvalue weighted by atomic mass is 10.5. The maximum Gasteiger partial charge on any atom is 0.216 e. The molecular formula is C6H14N2O2. The Hall–Kier alpha value is -0.610. The number of carbonyl (C=O) groups excluding carboxylic acids is 1. The van der Waals surface area contributed by atoms with Crippen molar-refractivity contribution in [3.63, 3.8) is 0 Å². The van der Waals surface area contributed by atoms with Crippen LogP contribution in [0.2, 0.25) is 0 Å². The van der Waals surface area contributed by atoms with Gasteiger partial charge in [0.15, 0.2) is 0 Å². The number of amides is 1. The van der Waals surface area contributed by atoms with Crippen molar-refractivity contribution in [3.05, 3.63) is 0 Å². The molecule has 1 amide bonds. The highest BCUT2D eigenvalue weighted by Crippen LogP contribution is 1.60. The lowest BCUT2D eigenvalue weighted by Crippen LogP contribution is -2.31. The molecule has 4 nitrogen and oxygen atoms in total. The van der Waals surface area contributed by atoms with Crippen molar-refractivity contribution in [2.24, 2.45) is 0 Å². The summed E-state index contributed by atoms with van der Waals surface area (Å²) >= 11 is 0. The molecule has 0 aromatic rings. The molecule has 0 spiro atoms. The van der Waals surface area contributed by atoms with E-state index in [0.29, 0.717) is 19.6 Å². The number of rotatable bonds is 5. The summed E-state index contributed by atoms with van der Waals surface area (Å²) < 4.78 is 0. The number of aliphatic hydroxyl groups is 1. The van der Waals surface area contributed by atoms with Gasteiger partial charge in [0.05, 0.1) is 6.61 Å². The first-order chi connectivity index (χ1) is 4.77. The van der Waals surface area contributed by atoms with Gasteiger partial charge in [-0.1, -0.05) is 0 Å². The molecule has 0 saturated carbocycles. The summed E-state index contributed by atoms with van der Waals surface area (Å²) in [6.45, 7) is 3.53. The Balaban J connectivity index is 2.84. The molecular weight excluding hydrogens is 132 g/mol. The molecule has 0 rings (SSSR count). The number of nitrogens with one attached hydrogen (secondary N) is 2. The minimum absolute atomic E-state index is 0.0224. The Bertz CT molecular complexity index is 95.7. The first-order valence-corrected chi connectivity index (χ1v) is 3.33. The fraction of sp³-hybridized carbons (Fsp3) is 0.833. The summed E-state index contributed by atoms with van der Waals surface area (Å²) in [6.07, 6.45) is 0. The van der Waals surface area contributed by atoms with E-state index in [9.17, 15) is 4.79 Å². The van der Waals surface area contributed by atoms with Crippen LogP contribution in [0.15, 0.2) is 0 Å². The largest absolute Gasteiger partial charge is 0.395 e. The van der Waals surface area contributed by atoms with E-state index in [1.165, 1.54) is 6.92 Å². The Morgan fingerprint density at radius 3 is 2.60 bits per heavy atom. The van der Waals surface area contributed by atoms with Gasteiger partial charge in [0, 0.05) is 26.6 Å². The summed E-state index contributed by atoms with van der Waals surface area (Å²) in [5.41, 5.74) is 0. The number of hydrogen-bond acceptors (Lipinski definition) is 3. The van der Waals surface area contributed by atoms with Gasteiger partial charge in [0.1, 0.15) is 0 Å². The maximum atomic E-state index is 10.3. The smallest absolute Gasteiger partial charge is 0.216 e. The van der Waals surface area contributed by atoms with E-state index in [4.69, 9.17) is 5.11 Å². The monoisotopic (exact) mass is 146 g/mol. The van der Waals surface area contributed by atoms with Gasteiger partial charge in [0.2, 0.25) is 5.91 Å². The summed E-state index contributed by atoms with van der Waals surface area (Å²) in [5.74, 6) is -0.0224. The predicted octanol–water partition coefficient (Wildman–Crippen LogP) is -1.30. The van der Waals surface area contributed by atoms with Crippen LogP contribution in [0.3, 0.4) is 0 Å². The molecule has 0 aromatic heterocycles. The fourth-order valence-corrected chi connectivity index (χ4v) is 0.531. The zero-order chi connectivity index (χ0) is 7.82. The van der Waals surface area contributed by atoms with E-state index < -0.39 is 0 Å². The molecule has 0 saturated heterocycles. The zero-order valence-electron chi connectivity index (χ0n) is 6.18. The second-order valence-electron chi connectivity index (χ2n) is 1.96. The molecule has 0 atom stereocenters. The van der Waals surface area contributed by atoms with Crippen molar-refractivity contribution in [1.29, 1.82) is 0 Å². The van der Waals surface area contributed by atoms with E-state index in [1.54, 1.807) is 0 Å². The highest BCUT2D eigenvalue weighted by atomic mass is 16.3. The molecule has 0 heterocycles. The lowest BCUT2D eigenvalue weighted by Gasteiger charge is -2.01. The van der Waals surface area contributed by atoms with Crippen molar-refractivity contribution in [3.8, 4) is 0 Å². The van der Waals surface area contributed by atoms with E-state index >= 15 is 0 Å². The lowest BCUT2D eigenvalue weighted by molar-refractivity contribution is -0.118. The third kappa shape index (κ3) is 7.39. The summed E-state index contributed by atoms with van der Waals surface area (Å²) in [4.78, 5) is 10.3. The Morgan fingerprint density at radius 1 is 1.40 bits per heavy atom. The van der Waals surface area contributed by atoms with Crippen molar-refractivity contribution in [2.45, 2.75) is 6.92 Å². The Morgan fingerprint density at radius 2 is 2.10 bits per heavy atom. The van der Waals surface area contributed by atoms with Gasteiger partial charge in [-0.25, -0.2) is 0 Å². The van der Waals surface area contributed by atoms with Crippen molar-refractivity contribution in [1.82, 2.24) is 10.6 Å². The molecule has 10 heavy (non-hydrogen) atoms. The standard InChI is InChI=1S/C6H14N2O2/c1-6(10)8-3-2-7-4-5-9/h7,9H,2-5H2,1H3,(H,8,10). The van der Waals surface area contributed by atoms with Crippen LogP contribution in [0.1, 0.15) is 6.92 Å². The summed E-state index contributed by atoms with van der Waals surface area (Å²) in [6, 6.07) is 0. The van der Waals surface area contributed by atoms with Gasteiger partial charge in [-0.05, 0) is 0 Å². The number of hydrogen-bond donors (Lipinski definition) is 3. The average molecular weight is 146 g/mol. The molecule has 0 aromatic carbocycles. The molecule has 4 heteroatoms. The molecule has 0 fully saturated rings. The summed E-state index contributed by atoms with van der Waals surface area (Å²) in [7, 11) is 0. The van der Waals surface area contributed by atoms with E-state index in [1.807, 2.05) is 0 Å². The molecule has 0 bridgehead atoms. The number of aliphatic hydroxyl groups excluding tert-OH is 1. The second kappa shape index (κ2) is 6.51. The SMILES string of the molecule is CC(=O)NCCNCCO. The van der Waals surface area contributed by atoms with Gasteiger partial charge < -0.3 is 15.7 Å². The fourth-order valence-electron chi connectivity index (χ4n) is 0.531. The highest BCUT2D eigenvalue weighted by molar-refractivity contribution is 5.72. The van der Waals surface area contributed by atoms with Crippen LogP contribution in [0.25, 0.3) is 0 Å². The molecule has 0 radical (unpaired) electrons. The first kappa shape index (κ1) is 9.39. The van der Waals surface area contributed by atoms with Gasteiger partial charge in [-0.3, -0.25) is 4.79 Å². The van der Waals surface area contributed by atoms with Crippen molar-refractivity contribution >= 4 is 5.91 Å². The summed E-state index contributed by atoms with van der Waals surface area (Å²) in [5, 5.41) is 13.9. The molecule has 0 aliphatic heterocycles. The predicted molar refractivity (Wildman–Crippen MR) is 38.6 cm³/mol. The van der Waals surface area contributed by atoms with E-state index in [0.717, 1.165) is 0 Å². The zero-order valence-corrected chi connectivity index (χ0v) is 6.18. The van der Waals surface area contributed by atoms with Gasteiger partial charge in [-0.15, -0.1) is 0 Å². The quantitative estimate of drug-likeness (QED) is 0.423. The van der Waals surface area contributed by atoms with Gasteiger partial charge in [0.25, 0.3) is 0 Å². The van der Waals surface area contributed by atoms with Crippen LogP contribution >= 0.6 is 0 Å². The van der Waals surface area contributed by atoms with Gasteiger partial charge >= 0.3 is 0 Å². The molecule has 3 N–H and O–H groups in total. The van der Waals surface area contributed by atoms with E-state index in [-0.39, 0.29) is 12.5 Å². The Kier molecular flexibility index (Phi) is 6.11. The van der Waals surface area contributed by atoms with Crippen LogP contribution < -0.4 is 10.6 Å². The average Bonchev–Trinajstić information content (AvgIpc) is 1.87. The third-order valence-electron chi connectivity index (χ3n) is 0.964. The molecule has 0 aliphatic rings. The second-order valence-corrected chi connectivity index (χ2v) is 1.96. The normalized spacial score (nSPS) is 9.40. The van der Waals surface area contributed by atoms with Crippen LogP contribution in [-0.4, -0.2) is 37.3 Å². The van der Waals surface area contributed by atoms with Crippen LogP contribution in [0.4, 0.5) is 0 Å². The first-order valence-electron chi connectivity index (χ1n) is 3.33. The molecule has 0 unspecified atom stereocenters.